The summed E-state index contributed by atoms with van der Waals surface area (Å²) in [5.41, 5.74) is 2.71. The number of aliphatic hydroxyl groups excluding tert-OH is 1. The number of likely N-dealkylation sites (N-methyl/N-ethyl adjacent to an activating group) is 1. The third kappa shape index (κ3) is 4.17. The molecule has 2 fully saturated rings. The van der Waals surface area contributed by atoms with Crippen molar-refractivity contribution in [2.45, 2.75) is 31.4 Å². The maximum Gasteiger partial charge on any atom is 0.253 e. The Hall–Kier alpha value is -3.41. The molecule has 2 aromatic heterocycles. The molecule has 1 aliphatic heterocycles. The van der Waals surface area contributed by atoms with Crippen LogP contribution >= 0.6 is 0 Å². The third-order valence-electron chi connectivity index (χ3n) is 6.72. The molecule has 2 N–H and O–H groups in total. The number of aliphatic hydroxyl groups is 1. The van der Waals surface area contributed by atoms with Crippen LogP contribution in [0.2, 0.25) is 0 Å². The minimum Gasteiger partial charge on any atom is -0.391 e. The summed E-state index contributed by atoms with van der Waals surface area (Å²) in [4.78, 5) is 26.7. The fourth-order valence-electron chi connectivity index (χ4n) is 4.79. The molecule has 1 aliphatic carbocycles. The minimum absolute atomic E-state index is 0.248. The minimum atomic E-state index is -0.573. The smallest absolute Gasteiger partial charge is 0.253 e. The van der Waals surface area contributed by atoms with E-state index in [0.717, 1.165) is 44.7 Å². The Labute approximate surface area is 192 Å². The lowest BCUT2D eigenvalue weighted by Crippen LogP contribution is -2.44. The maximum atomic E-state index is 12.9. The van der Waals surface area contributed by atoms with Crippen LogP contribution in [-0.4, -0.2) is 63.9 Å². The molecule has 3 heterocycles. The molecule has 1 aromatic carbocycles. The summed E-state index contributed by atoms with van der Waals surface area (Å²) in [6, 6.07) is 9.32. The molecule has 2 atom stereocenters. The summed E-state index contributed by atoms with van der Waals surface area (Å²) in [6.07, 6.45) is 8.98. The van der Waals surface area contributed by atoms with Gasteiger partial charge in [0, 0.05) is 55.4 Å². The molecule has 1 saturated carbocycles. The Morgan fingerprint density at radius 2 is 1.91 bits per heavy atom. The van der Waals surface area contributed by atoms with E-state index in [9.17, 15) is 9.90 Å². The zero-order valence-corrected chi connectivity index (χ0v) is 18.7. The normalized spacial score (nSPS) is 21.3. The topological polar surface area (TPSA) is 86.5 Å². The van der Waals surface area contributed by atoms with E-state index in [4.69, 9.17) is 6.42 Å². The SMILES string of the molecule is C#Cc1cc(=O)n(C2CCCC2O)c2nc(Nc3ccc(N4CCN(C)CC4)cc3)ncc12. The van der Waals surface area contributed by atoms with Gasteiger partial charge in [-0.15, -0.1) is 6.42 Å². The van der Waals surface area contributed by atoms with Crippen molar-refractivity contribution in [2.75, 3.05) is 43.4 Å². The van der Waals surface area contributed by atoms with Gasteiger partial charge in [-0.05, 0) is 50.6 Å². The highest BCUT2D eigenvalue weighted by Gasteiger charge is 2.29. The van der Waals surface area contributed by atoms with E-state index in [2.05, 4.69) is 50.2 Å². The van der Waals surface area contributed by atoms with Crippen molar-refractivity contribution in [3.8, 4) is 12.3 Å². The largest absolute Gasteiger partial charge is 0.391 e. The number of nitrogens with one attached hydrogen (secondary N) is 1. The number of hydrogen-bond donors (Lipinski definition) is 2. The molecular formula is C25H28N6O2. The van der Waals surface area contributed by atoms with Gasteiger partial charge in [0.1, 0.15) is 5.65 Å². The first-order chi connectivity index (χ1) is 16.0. The van der Waals surface area contributed by atoms with E-state index < -0.39 is 6.10 Å². The number of fused-ring (bicyclic) bond motifs is 1. The van der Waals surface area contributed by atoms with Gasteiger partial charge < -0.3 is 20.2 Å². The molecule has 0 bridgehead atoms. The molecule has 8 nitrogen and oxygen atoms in total. The van der Waals surface area contributed by atoms with Crippen LogP contribution in [0.3, 0.4) is 0 Å². The van der Waals surface area contributed by atoms with Crippen LogP contribution in [0.1, 0.15) is 30.9 Å². The van der Waals surface area contributed by atoms with E-state index >= 15 is 0 Å². The van der Waals surface area contributed by atoms with Crippen LogP contribution < -0.4 is 15.8 Å². The van der Waals surface area contributed by atoms with Gasteiger partial charge >= 0.3 is 0 Å². The number of nitrogens with zero attached hydrogens (tertiary/aromatic N) is 5. The van der Waals surface area contributed by atoms with Gasteiger partial charge in [0.25, 0.3) is 5.56 Å². The number of hydrogen-bond acceptors (Lipinski definition) is 7. The lowest BCUT2D eigenvalue weighted by Gasteiger charge is -2.34. The molecule has 33 heavy (non-hydrogen) atoms. The quantitative estimate of drug-likeness (QED) is 0.598. The lowest BCUT2D eigenvalue weighted by atomic mass is 10.1. The first kappa shape index (κ1) is 21.4. The molecule has 3 aromatic rings. The van der Waals surface area contributed by atoms with Crippen LogP contribution in [0.15, 0.2) is 41.3 Å². The molecule has 0 radical (unpaired) electrons. The Balaban J connectivity index is 1.45. The van der Waals surface area contributed by atoms with Gasteiger partial charge in [0.15, 0.2) is 0 Å². The van der Waals surface area contributed by atoms with Crippen molar-refractivity contribution in [3.05, 3.63) is 52.4 Å². The van der Waals surface area contributed by atoms with Gasteiger partial charge in [-0.25, -0.2) is 4.98 Å². The molecule has 2 unspecified atom stereocenters. The van der Waals surface area contributed by atoms with Gasteiger partial charge in [-0.2, -0.15) is 4.98 Å². The Kier molecular flexibility index (Phi) is 5.75. The molecule has 5 rings (SSSR count). The zero-order chi connectivity index (χ0) is 22.9. The average Bonchev–Trinajstić information content (AvgIpc) is 3.24. The van der Waals surface area contributed by atoms with Crippen molar-refractivity contribution in [3.63, 3.8) is 0 Å². The fraction of sp³-hybridized carbons (Fsp3) is 0.400. The van der Waals surface area contributed by atoms with Crippen molar-refractivity contribution in [1.29, 1.82) is 0 Å². The molecule has 0 spiro atoms. The van der Waals surface area contributed by atoms with Gasteiger partial charge in [0.2, 0.25) is 5.95 Å². The average molecular weight is 445 g/mol. The predicted molar refractivity (Wildman–Crippen MR) is 130 cm³/mol. The fourth-order valence-corrected chi connectivity index (χ4v) is 4.79. The van der Waals surface area contributed by atoms with Gasteiger partial charge in [-0.1, -0.05) is 5.92 Å². The molecule has 8 heteroatoms. The summed E-state index contributed by atoms with van der Waals surface area (Å²) in [5.74, 6) is 2.94. The summed E-state index contributed by atoms with van der Waals surface area (Å²) in [6.45, 7) is 4.14. The number of pyridine rings is 1. The van der Waals surface area contributed by atoms with E-state index in [1.807, 2.05) is 12.1 Å². The maximum absolute atomic E-state index is 12.9. The third-order valence-corrected chi connectivity index (χ3v) is 6.72. The molecule has 2 aliphatic rings. The van der Waals surface area contributed by atoms with Crippen LogP contribution in [0.25, 0.3) is 11.0 Å². The number of piperazine rings is 1. The van der Waals surface area contributed by atoms with E-state index in [1.54, 1.807) is 10.8 Å². The molecule has 0 amide bonds. The lowest BCUT2D eigenvalue weighted by molar-refractivity contribution is 0.136. The first-order valence-corrected chi connectivity index (χ1v) is 11.4. The van der Waals surface area contributed by atoms with Crippen molar-refractivity contribution in [2.24, 2.45) is 0 Å². The van der Waals surface area contributed by atoms with Crippen LogP contribution in [0.5, 0.6) is 0 Å². The first-order valence-electron chi connectivity index (χ1n) is 11.4. The Bertz CT molecular complexity index is 1250. The molecule has 1 saturated heterocycles. The monoisotopic (exact) mass is 444 g/mol. The van der Waals surface area contributed by atoms with Crippen LogP contribution in [0, 0.1) is 12.3 Å². The predicted octanol–water partition coefficient (Wildman–Crippen LogP) is 2.35. The van der Waals surface area contributed by atoms with Gasteiger partial charge in [-0.3, -0.25) is 9.36 Å². The Morgan fingerprint density at radius 3 is 2.58 bits per heavy atom. The van der Waals surface area contributed by atoms with Crippen molar-refractivity contribution >= 4 is 28.4 Å². The van der Waals surface area contributed by atoms with Crippen LogP contribution in [0.4, 0.5) is 17.3 Å². The summed E-state index contributed by atoms with van der Waals surface area (Å²) in [5, 5.41) is 14.3. The van der Waals surface area contributed by atoms with Gasteiger partial charge in [0.05, 0.1) is 17.5 Å². The number of aromatic nitrogens is 3. The second-order valence-corrected chi connectivity index (χ2v) is 8.87. The summed E-state index contributed by atoms with van der Waals surface area (Å²) < 4.78 is 1.58. The van der Waals surface area contributed by atoms with Crippen molar-refractivity contribution in [1.82, 2.24) is 19.4 Å². The van der Waals surface area contributed by atoms with Crippen LogP contribution in [-0.2, 0) is 0 Å². The number of anilines is 3. The number of terminal acetylenes is 1. The van der Waals surface area contributed by atoms with Crippen molar-refractivity contribution < 1.29 is 5.11 Å². The molecule has 170 valence electrons. The highest BCUT2D eigenvalue weighted by Crippen LogP contribution is 2.31. The number of rotatable bonds is 4. The highest BCUT2D eigenvalue weighted by molar-refractivity contribution is 5.82. The van der Waals surface area contributed by atoms with E-state index in [-0.39, 0.29) is 11.6 Å². The molecular weight excluding hydrogens is 416 g/mol. The summed E-state index contributed by atoms with van der Waals surface area (Å²) in [7, 11) is 2.15. The Morgan fingerprint density at radius 1 is 1.15 bits per heavy atom. The number of benzene rings is 1. The standard InChI is InChI=1S/C25H28N6O2/c1-3-17-15-23(33)31(21-5-4-6-22(21)32)24-20(17)16-26-25(28-24)27-18-7-9-19(10-8-18)30-13-11-29(2)12-14-30/h1,7-10,15-16,21-22,32H,4-6,11-14H2,2H3,(H,26,27,28). The van der Waals surface area contributed by atoms with E-state index in [0.29, 0.717) is 29.0 Å². The zero-order valence-electron chi connectivity index (χ0n) is 18.7. The second-order valence-electron chi connectivity index (χ2n) is 8.87. The highest BCUT2D eigenvalue weighted by atomic mass is 16.3. The van der Waals surface area contributed by atoms with E-state index in [1.165, 1.54) is 11.8 Å². The summed E-state index contributed by atoms with van der Waals surface area (Å²) >= 11 is 0. The second kappa shape index (κ2) is 8.85.